The molecule has 4 nitrogen and oxygen atoms in total. The zero-order chi connectivity index (χ0) is 13.1. The summed E-state index contributed by atoms with van der Waals surface area (Å²) >= 11 is 3.28. The lowest BCUT2D eigenvalue weighted by Gasteiger charge is -2.15. The molecule has 0 aliphatic rings. The van der Waals surface area contributed by atoms with Crippen LogP contribution < -0.4 is 5.32 Å². The molecule has 0 saturated carbocycles. The first kappa shape index (κ1) is 14.0. The molecule has 17 heavy (non-hydrogen) atoms. The molecule has 0 aromatic heterocycles. The first-order chi connectivity index (χ1) is 7.83. The molecule has 0 spiro atoms. The molecular weight excluding hydrogens is 304 g/mol. The van der Waals surface area contributed by atoms with Gasteiger partial charge in [0, 0.05) is 16.8 Å². The highest BCUT2D eigenvalue weighted by Gasteiger charge is 2.13. The molecule has 1 atom stereocenters. The van der Waals surface area contributed by atoms with Crippen LogP contribution in [0, 0.1) is 11.3 Å². The molecule has 1 rings (SSSR count). The highest BCUT2D eigenvalue weighted by molar-refractivity contribution is 9.10. The van der Waals surface area contributed by atoms with Crippen molar-refractivity contribution >= 4 is 31.5 Å². The van der Waals surface area contributed by atoms with Crippen LogP contribution in [0.5, 0.6) is 0 Å². The molecule has 1 unspecified atom stereocenters. The van der Waals surface area contributed by atoms with Crippen molar-refractivity contribution in [3.05, 3.63) is 28.2 Å². The Balaban J connectivity index is 2.90. The summed E-state index contributed by atoms with van der Waals surface area (Å²) in [5.74, 6) is 0.0321. The van der Waals surface area contributed by atoms with E-state index >= 15 is 0 Å². The molecule has 0 aliphatic carbocycles. The van der Waals surface area contributed by atoms with Crippen molar-refractivity contribution in [2.45, 2.75) is 13.0 Å². The predicted molar refractivity (Wildman–Crippen MR) is 71.7 cm³/mol. The van der Waals surface area contributed by atoms with E-state index in [1.54, 1.807) is 25.1 Å². The Kier molecular flexibility index (Phi) is 4.54. The minimum Gasteiger partial charge on any atom is -0.380 e. The predicted octanol–water partition coefficient (Wildman–Crippen LogP) is 2.17. The van der Waals surface area contributed by atoms with E-state index < -0.39 is 9.84 Å². The van der Waals surface area contributed by atoms with E-state index in [-0.39, 0.29) is 11.8 Å². The number of hydrogen-bond donors (Lipinski definition) is 1. The molecule has 0 bridgehead atoms. The number of nitrogens with zero attached hydrogens (tertiary/aromatic N) is 1. The summed E-state index contributed by atoms with van der Waals surface area (Å²) in [6, 6.07) is 7.14. The van der Waals surface area contributed by atoms with Crippen LogP contribution in [0.15, 0.2) is 22.7 Å². The number of hydrogen-bond acceptors (Lipinski definition) is 4. The SMILES string of the molecule is CC(CS(C)(=O)=O)Nc1cccc(Br)c1C#N. The van der Waals surface area contributed by atoms with Crippen molar-refractivity contribution in [2.24, 2.45) is 0 Å². The first-order valence-electron chi connectivity index (χ1n) is 4.96. The van der Waals surface area contributed by atoms with E-state index in [0.29, 0.717) is 15.7 Å². The van der Waals surface area contributed by atoms with Crippen LogP contribution in [0.25, 0.3) is 0 Å². The fourth-order valence-electron chi connectivity index (χ4n) is 1.52. The molecule has 1 aromatic carbocycles. The lowest BCUT2D eigenvalue weighted by Crippen LogP contribution is -2.25. The van der Waals surface area contributed by atoms with Gasteiger partial charge in [0.25, 0.3) is 0 Å². The molecule has 6 heteroatoms. The van der Waals surface area contributed by atoms with Crippen LogP contribution >= 0.6 is 15.9 Å². The summed E-state index contributed by atoms with van der Waals surface area (Å²) in [7, 11) is -3.03. The van der Waals surface area contributed by atoms with Gasteiger partial charge in [0.05, 0.1) is 17.0 Å². The maximum absolute atomic E-state index is 11.1. The second-order valence-corrected chi connectivity index (χ2v) is 6.95. The van der Waals surface area contributed by atoms with E-state index in [0.717, 1.165) is 0 Å². The Labute approximate surface area is 110 Å². The van der Waals surface area contributed by atoms with Gasteiger partial charge in [-0.05, 0) is 35.0 Å². The van der Waals surface area contributed by atoms with E-state index in [2.05, 4.69) is 27.3 Å². The fraction of sp³-hybridized carbons (Fsp3) is 0.364. The number of rotatable bonds is 4. The van der Waals surface area contributed by atoms with Crippen molar-refractivity contribution in [3.8, 4) is 6.07 Å². The number of benzene rings is 1. The number of halogens is 1. The second-order valence-electron chi connectivity index (χ2n) is 3.91. The lowest BCUT2D eigenvalue weighted by molar-refractivity contribution is 0.598. The van der Waals surface area contributed by atoms with Gasteiger partial charge in [-0.3, -0.25) is 0 Å². The number of nitrogens with one attached hydrogen (secondary N) is 1. The molecular formula is C11H13BrN2O2S. The van der Waals surface area contributed by atoms with Crippen LogP contribution in [-0.4, -0.2) is 26.5 Å². The third-order valence-electron chi connectivity index (χ3n) is 2.08. The molecule has 0 saturated heterocycles. The smallest absolute Gasteiger partial charge is 0.149 e. The van der Waals surface area contributed by atoms with Gasteiger partial charge in [-0.2, -0.15) is 5.26 Å². The third kappa shape index (κ3) is 4.36. The van der Waals surface area contributed by atoms with Gasteiger partial charge in [-0.15, -0.1) is 0 Å². The summed E-state index contributed by atoms with van der Waals surface area (Å²) in [6.45, 7) is 1.77. The normalized spacial score (nSPS) is 12.8. The summed E-state index contributed by atoms with van der Waals surface area (Å²) in [4.78, 5) is 0. The number of sulfone groups is 1. The zero-order valence-corrected chi connectivity index (χ0v) is 12.0. The molecule has 1 N–H and O–H groups in total. The highest BCUT2D eigenvalue weighted by Crippen LogP contribution is 2.24. The maximum atomic E-state index is 11.1. The van der Waals surface area contributed by atoms with Crippen molar-refractivity contribution in [2.75, 3.05) is 17.3 Å². The van der Waals surface area contributed by atoms with Crippen LogP contribution in [0.1, 0.15) is 12.5 Å². The number of nitriles is 1. The Morgan fingerprint density at radius 1 is 1.53 bits per heavy atom. The molecule has 1 aromatic rings. The molecule has 92 valence electrons. The topological polar surface area (TPSA) is 70.0 Å². The van der Waals surface area contributed by atoms with Crippen molar-refractivity contribution < 1.29 is 8.42 Å². The minimum atomic E-state index is -3.03. The summed E-state index contributed by atoms with van der Waals surface area (Å²) in [5, 5.41) is 12.0. The molecule has 0 fully saturated rings. The minimum absolute atomic E-state index is 0.0321. The average molecular weight is 317 g/mol. The molecule has 0 amide bonds. The van der Waals surface area contributed by atoms with Gasteiger partial charge in [-0.25, -0.2) is 8.42 Å². The van der Waals surface area contributed by atoms with E-state index in [1.165, 1.54) is 6.26 Å². The average Bonchev–Trinajstić information content (AvgIpc) is 2.14. The maximum Gasteiger partial charge on any atom is 0.149 e. The molecule has 0 heterocycles. The molecule has 0 radical (unpaired) electrons. The Hall–Kier alpha value is -1.06. The van der Waals surface area contributed by atoms with Crippen molar-refractivity contribution in [1.82, 2.24) is 0 Å². The van der Waals surface area contributed by atoms with Gasteiger partial charge < -0.3 is 5.32 Å². The molecule has 0 aliphatic heterocycles. The van der Waals surface area contributed by atoms with Crippen LogP contribution in [0.3, 0.4) is 0 Å². The van der Waals surface area contributed by atoms with E-state index in [1.807, 2.05) is 0 Å². The van der Waals surface area contributed by atoms with Crippen LogP contribution in [0.4, 0.5) is 5.69 Å². The van der Waals surface area contributed by atoms with Crippen molar-refractivity contribution in [3.63, 3.8) is 0 Å². The Bertz CT molecular complexity index is 549. The third-order valence-corrected chi connectivity index (χ3v) is 3.85. The number of anilines is 1. The van der Waals surface area contributed by atoms with Gasteiger partial charge in [0.15, 0.2) is 0 Å². The second kappa shape index (κ2) is 5.52. The summed E-state index contributed by atoms with van der Waals surface area (Å²) in [6.07, 6.45) is 1.19. The first-order valence-corrected chi connectivity index (χ1v) is 7.81. The van der Waals surface area contributed by atoms with Crippen molar-refractivity contribution in [1.29, 1.82) is 5.26 Å². The standard InChI is InChI=1S/C11H13BrN2O2S/c1-8(7-17(2,15)16)14-11-5-3-4-10(12)9(11)6-13/h3-5,8,14H,7H2,1-2H3. The monoisotopic (exact) mass is 316 g/mol. The van der Waals surface area contributed by atoms with E-state index in [4.69, 9.17) is 5.26 Å². The van der Waals surface area contributed by atoms with Gasteiger partial charge in [-0.1, -0.05) is 6.07 Å². The fourth-order valence-corrected chi connectivity index (χ4v) is 2.97. The van der Waals surface area contributed by atoms with E-state index in [9.17, 15) is 8.42 Å². The van der Waals surface area contributed by atoms with Crippen LogP contribution in [0.2, 0.25) is 0 Å². The summed E-state index contributed by atoms with van der Waals surface area (Å²) < 4.78 is 23.0. The Morgan fingerprint density at radius 2 is 2.18 bits per heavy atom. The highest BCUT2D eigenvalue weighted by atomic mass is 79.9. The quantitative estimate of drug-likeness (QED) is 0.924. The Morgan fingerprint density at radius 3 is 2.71 bits per heavy atom. The zero-order valence-electron chi connectivity index (χ0n) is 9.57. The summed E-state index contributed by atoms with van der Waals surface area (Å²) in [5.41, 5.74) is 1.12. The van der Waals surface area contributed by atoms with Gasteiger partial charge >= 0.3 is 0 Å². The van der Waals surface area contributed by atoms with Gasteiger partial charge in [0.1, 0.15) is 15.9 Å². The van der Waals surface area contributed by atoms with Crippen LogP contribution in [-0.2, 0) is 9.84 Å². The lowest BCUT2D eigenvalue weighted by atomic mass is 10.2. The largest absolute Gasteiger partial charge is 0.380 e. The van der Waals surface area contributed by atoms with Gasteiger partial charge in [0.2, 0.25) is 0 Å².